The number of benzene rings is 1. The lowest BCUT2D eigenvalue weighted by Gasteiger charge is -2.28. The Morgan fingerprint density at radius 3 is 2.00 bits per heavy atom. The van der Waals surface area contributed by atoms with Gasteiger partial charge in [0.25, 0.3) is 0 Å². The van der Waals surface area contributed by atoms with Crippen LogP contribution in [0.4, 0.5) is 0 Å². The molecular weight excluding hydrogens is 286 g/mol. The standard InChI is InChI=1S/C16H21NO5/c1-4-21-14(19)16(17-11-18,15(20)22-5-2)10-13-8-6-12(3)7-9-13/h6-9,11H,4-5,10H2,1-3H3,(H,17,18). The topological polar surface area (TPSA) is 81.7 Å². The minimum absolute atomic E-state index is 0.0380. The molecule has 0 aromatic heterocycles. The highest BCUT2D eigenvalue weighted by Crippen LogP contribution is 2.18. The Kier molecular flexibility index (Phi) is 6.56. The maximum atomic E-state index is 12.3. The van der Waals surface area contributed by atoms with E-state index in [4.69, 9.17) is 9.47 Å². The van der Waals surface area contributed by atoms with E-state index in [-0.39, 0.29) is 19.6 Å². The number of carbonyl (C=O) groups is 3. The van der Waals surface area contributed by atoms with Gasteiger partial charge in [0.2, 0.25) is 11.9 Å². The van der Waals surface area contributed by atoms with E-state index in [1.165, 1.54) is 0 Å². The Morgan fingerprint density at radius 2 is 1.59 bits per heavy atom. The van der Waals surface area contributed by atoms with Gasteiger partial charge in [0.15, 0.2) is 0 Å². The summed E-state index contributed by atoms with van der Waals surface area (Å²) >= 11 is 0. The lowest BCUT2D eigenvalue weighted by atomic mass is 9.90. The van der Waals surface area contributed by atoms with Crippen LogP contribution in [0.5, 0.6) is 0 Å². The van der Waals surface area contributed by atoms with Crippen molar-refractivity contribution < 1.29 is 23.9 Å². The molecular formula is C16H21NO5. The normalized spacial score (nSPS) is 10.7. The number of amides is 1. The third-order valence-electron chi connectivity index (χ3n) is 3.14. The van der Waals surface area contributed by atoms with Crippen molar-refractivity contribution in [1.29, 1.82) is 0 Å². The third-order valence-corrected chi connectivity index (χ3v) is 3.14. The smallest absolute Gasteiger partial charge is 0.344 e. The lowest BCUT2D eigenvalue weighted by molar-refractivity contribution is -0.167. The van der Waals surface area contributed by atoms with Crippen molar-refractivity contribution in [1.82, 2.24) is 5.32 Å². The zero-order valence-electron chi connectivity index (χ0n) is 13.0. The second kappa shape index (κ2) is 8.17. The first kappa shape index (κ1) is 17.7. The zero-order chi connectivity index (χ0) is 16.6. The van der Waals surface area contributed by atoms with E-state index in [1.54, 1.807) is 26.0 Å². The monoisotopic (exact) mass is 307 g/mol. The molecule has 0 fully saturated rings. The van der Waals surface area contributed by atoms with Crippen LogP contribution in [0.3, 0.4) is 0 Å². The highest BCUT2D eigenvalue weighted by Gasteiger charge is 2.49. The van der Waals surface area contributed by atoms with Crippen LogP contribution >= 0.6 is 0 Å². The number of aryl methyl sites for hydroxylation is 1. The predicted octanol–water partition coefficient (Wildman–Crippen LogP) is 1.15. The molecule has 0 heterocycles. The molecule has 0 aliphatic rings. The third kappa shape index (κ3) is 4.07. The number of ether oxygens (including phenoxy) is 2. The summed E-state index contributed by atoms with van der Waals surface area (Å²) in [6, 6.07) is 7.29. The molecule has 22 heavy (non-hydrogen) atoms. The highest BCUT2D eigenvalue weighted by atomic mass is 16.6. The molecule has 0 bridgehead atoms. The fourth-order valence-electron chi connectivity index (χ4n) is 2.02. The summed E-state index contributed by atoms with van der Waals surface area (Å²) in [7, 11) is 0. The average molecular weight is 307 g/mol. The number of nitrogens with one attached hydrogen (secondary N) is 1. The van der Waals surface area contributed by atoms with Gasteiger partial charge in [-0.05, 0) is 26.3 Å². The van der Waals surface area contributed by atoms with E-state index in [9.17, 15) is 14.4 Å². The van der Waals surface area contributed by atoms with Gasteiger partial charge in [-0.1, -0.05) is 29.8 Å². The predicted molar refractivity (Wildman–Crippen MR) is 80.1 cm³/mol. The van der Waals surface area contributed by atoms with Gasteiger partial charge in [-0.25, -0.2) is 9.59 Å². The minimum Gasteiger partial charge on any atom is -0.464 e. The maximum Gasteiger partial charge on any atom is 0.344 e. The van der Waals surface area contributed by atoms with Crippen LogP contribution in [-0.2, 0) is 30.3 Å². The molecule has 1 N–H and O–H groups in total. The first-order valence-electron chi connectivity index (χ1n) is 7.11. The fourth-order valence-corrected chi connectivity index (χ4v) is 2.02. The summed E-state index contributed by atoms with van der Waals surface area (Å²) < 4.78 is 9.92. The molecule has 1 aromatic carbocycles. The van der Waals surface area contributed by atoms with Gasteiger partial charge in [0, 0.05) is 6.42 Å². The van der Waals surface area contributed by atoms with Crippen molar-refractivity contribution in [3.63, 3.8) is 0 Å². The maximum absolute atomic E-state index is 12.3. The van der Waals surface area contributed by atoms with Crippen LogP contribution < -0.4 is 5.32 Å². The van der Waals surface area contributed by atoms with Gasteiger partial charge in [-0.2, -0.15) is 0 Å². The number of hydrogen-bond acceptors (Lipinski definition) is 5. The van der Waals surface area contributed by atoms with Crippen LogP contribution in [0.2, 0.25) is 0 Å². The number of carbonyl (C=O) groups excluding carboxylic acids is 3. The lowest BCUT2D eigenvalue weighted by Crippen LogP contribution is -2.60. The Labute approximate surface area is 129 Å². The molecule has 0 atom stereocenters. The van der Waals surface area contributed by atoms with Gasteiger partial charge in [0.05, 0.1) is 13.2 Å². The largest absolute Gasteiger partial charge is 0.464 e. The Morgan fingerprint density at radius 1 is 1.09 bits per heavy atom. The molecule has 0 unspecified atom stereocenters. The van der Waals surface area contributed by atoms with E-state index >= 15 is 0 Å². The molecule has 1 aromatic rings. The second-order valence-corrected chi connectivity index (χ2v) is 4.77. The van der Waals surface area contributed by atoms with E-state index in [1.807, 2.05) is 19.1 Å². The molecule has 0 spiro atoms. The average Bonchev–Trinajstić information content (AvgIpc) is 2.49. The van der Waals surface area contributed by atoms with E-state index in [0.717, 1.165) is 5.56 Å². The van der Waals surface area contributed by atoms with Crippen molar-refractivity contribution in [2.75, 3.05) is 13.2 Å². The summed E-state index contributed by atoms with van der Waals surface area (Å²) in [4.78, 5) is 35.6. The summed E-state index contributed by atoms with van der Waals surface area (Å²) in [6.45, 7) is 5.36. The van der Waals surface area contributed by atoms with Crippen LogP contribution in [0.25, 0.3) is 0 Å². The summed E-state index contributed by atoms with van der Waals surface area (Å²) in [6.07, 6.45) is 0.270. The van der Waals surface area contributed by atoms with Gasteiger partial charge in [-0.3, -0.25) is 4.79 Å². The Bertz CT molecular complexity index is 506. The van der Waals surface area contributed by atoms with Crippen molar-refractivity contribution in [3.05, 3.63) is 35.4 Å². The van der Waals surface area contributed by atoms with Gasteiger partial charge >= 0.3 is 11.9 Å². The quantitative estimate of drug-likeness (QED) is 0.442. The Balaban J connectivity index is 3.21. The first-order chi connectivity index (χ1) is 10.5. The van der Waals surface area contributed by atoms with E-state index in [2.05, 4.69) is 5.32 Å². The number of hydrogen-bond donors (Lipinski definition) is 1. The van der Waals surface area contributed by atoms with Crippen LogP contribution in [0.15, 0.2) is 24.3 Å². The van der Waals surface area contributed by atoms with Gasteiger partial charge < -0.3 is 14.8 Å². The summed E-state index contributed by atoms with van der Waals surface area (Å²) in [5, 5.41) is 2.30. The SMILES string of the molecule is CCOC(=O)C(Cc1ccc(C)cc1)(NC=O)C(=O)OCC. The highest BCUT2D eigenvalue weighted by molar-refractivity contribution is 6.06. The number of rotatable bonds is 8. The molecule has 1 rings (SSSR count). The van der Waals surface area contributed by atoms with Crippen molar-refractivity contribution in [3.8, 4) is 0 Å². The zero-order valence-corrected chi connectivity index (χ0v) is 13.0. The second-order valence-electron chi connectivity index (χ2n) is 4.77. The van der Waals surface area contributed by atoms with Crippen molar-refractivity contribution in [2.45, 2.75) is 32.7 Å². The fraction of sp³-hybridized carbons (Fsp3) is 0.438. The van der Waals surface area contributed by atoms with Crippen molar-refractivity contribution in [2.24, 2.45) is 0 Å². The number of esters is 2. The molecule has 120 valence electrons. The molecule has 0 aliphatic carbocycles. The van der Waals surface area contributed by atoms with Crippen LogP contribution in [0.1, 0.15) is 25.0 Å². The first-order valence-corrected chi connectivity index (χ1v) is 7.11. The van der Waals surface area contributed by atoms with Gasteiger partial charge in [0.1, 0.15) is 0 Å². The minimum atomic E-state index is -1.87. The van der Waals surface area contributed by atoms with Gasteiger partial charge in [-0.15, -0.1) is 0 Å². The molecule has 6 heteroatoms. The van der Waals surface area contributed by atoms with E-state index in [0.29, 0.717) is 12.0 Å². The molecule has 1 amide bonds. The van der Waals surface area contributed by atoms with Crippen molar-refractivity contribution >= 4 is 18.3 Å². The van der Waals surface area contributed by atoms with E-state index < -0.39 is 17.5 Å². The molecule has 0 saturated heterocycles. The van der Waals surface area contributed by atoms with Crippen LogP contribution in [0, 0.1) is 6.92 Å². The Hall–Kier alpha value is -2.37. The molecule has 0 radical (unpaired) electrons. The summed E-state index contributed by atoms with van der Waals surface area (Å²) in [5.41, 5.74) is -0.116. The summed E-state index contributed by atoms with van der Waals surface area (Å²) in [5.74, 6) is -1.66. The molecule has 0 saturated carbocycles. The molecule has 6 nitrogen and oxygen atoms in total. The molecule has 0 aliphatic heterocycles. The van der Waals surface area contributed by atoms with Crippen LogP contribution in [-0.4, -0.2) is 37.1 Å².